The van der Waals surface area contributed by atoms with Crippen LogP contribution in [0.2, 0.25) is 0 Å². The normalized spacial score (nSPS) is 21.4. The lowest BCUT2D eigenvalue weighted by Gasteiger charge is -2.19. The Kier molecular flexibility index (Phi) is 4.76. The van der Waals surface area contributed by atoms with E-state index in [4.69, 9.17) is 0 Å². The molecular weight excluding hydrogens is 224 g/mol. The first-order valence-corrected chi connectivity index (χ1v) is 7.67. The minimum atomic E-state index is -3.02. The number of hydrogen-bond donors (Lipinski definition) is 1. The van der Waals surface area contributed by atoms with Crippen molar-refractivity contribution in [3.63, 3.8) is 0 Å². The smallest absolute Gasteiger partial charge is 0.214 e. The molecule has 0 amide bonds. The third kappa shape index (κ3) is 4.03. The van der Waals surface area contributed by atoms with Gasteiger partial charge in [0.1, 0.15) is 0 Å². The summed E-state index contributed by atoms with van der Waals surface area (Å²) in [6, 6.07) is 0. The summed E-state index contributed by atoms with van der Waals surface area (Å²) in [7, 11) is -3.02. The Morgan fingerprint density at radius 1 is 1.38 bits per heavy atom. The molecule has 96 valence electrons. The van der Waals surface area contributed by atoms with Gasteiger partial charge in [0.25, 0.3) is 0 Å². The van der Waals surface area contributed by atoms with E-state index in [-0.39, 0.29) is 11.2 Å². The van der Waals surface area contributed by atoms with Gasteiger partial charge < -0.3 is 5.32 Å². The van der Waals surface area contributed by atoms with Crippen molar-refractivity contribution in [2.45, 2.75) is 33.6 Å². The van der Waals surface area contributed by atoms with Gasteiger partial charge >= 0.3 is 0 Å². The Balaban J connectivity index is 2.40. The third-order valence-corrected chi connectivity index (χ3v) is 4.94. The zero-order valence-corrected chi connectivity index (χ0v) is 11.4. The van der Waals surface area contributed by atoms with Crippen molar-refractivity contribution in [3.8, 4) is 0 Å². The second kappa shape index (κ2) is 5.47. The predicted molar refractivity (Wildman–Crippen MR) is 66.9 cm³/mol. The summed E-state index contributed by atoms with van der Waals surface area (Å²) in [5, 5.41) is 3.14. The summed E-state index contributed by atoms with van der Waals surface area (Å²) in [6.07, 6.45) is 1.67. The van der Waals surface area contributed by atoms with Gasteiger partial charge in [-0.05, 0) is 31.3 Å². The maximum Gasteiger partial charge on any atom is 0.214 e. The average Bonchev–Trinajstić information content (AvgIpc) is 2.54. The molecule has 1 aliphatic rings. The van der Waals surface area contributed by atoms with Crippen molar-refractivity contribution in [3.05, 3.63) is 0 Å². The van der Waals surface area contributed by atoms with Crippen LogP contribution in [-0.2, 0) is 10.0 Å². The quantitative estimate of drug-likeness (QED) is 0.715. The van der Waals surface area contributed by atoms with Gasteiger partial charge in [0, 0.05) is 13.1 Å². The van der Waals surface area contributed by atoms with Crippen LogP contribution in [0.3, 0.4) is 0 Å². The fraction of sp³-hybridized carbons (Fsp3) is 1.00. The summed E-state index contributed by atoms with van der Waals surface area (Å²) in [5.41, 5.74) is 0.148. The first-order chi connectivity index (χ1) is 7.37. The summed E-state index contributed by atoms with van der Waals surface area (Å²) < 4.78 is 25.6. The van der Waals surface area contributed by atoms with Crippen LogP contribution >= 0.6 is 0 Å². The fourth-order valence-electron chi connectivity index (χ4n) is 1.99. The zero-order valence-electron chi connectivity index (χ0n) is 10.6. The lowest BCUT2D eigenvalue weighted by atomic mass is 9.93. The molecule has 1 aliphatic heterocycles. The second-order valence-electron chi connectivity index (χ2n) is 5.27. The monoisotopic (exact) mass is 248 g/mol. The minimum Gasteiger partial charge on any atom is -0.317 e. The molecule has 1 rings (SSSR count). The van der Waals surface area contributed by atoms with E-state index in [0.29, 0.717) is 19.5 Å². The van der Waals surface area contributed by atoms with E-state index in [1.165, 1.54) is 0 Å². The molecule has 5 heteroatoms. The molecule has 0 aromatic carbocycles. The van der Waals surface area contributed by atoms with Crippen molar-refractivity contribution in [2.75, 3.05) is 31.9 Å². The molecule has 1 heterocycles. The lowest BCUT2D eigenvalue weighted by Crippen LogP contribution is -2.33. The highest BCUT2D eigenvalue weighted by Crippen LogP contribution is 2.30. The Morgan fingerprint density at radius 2 is 2.06 bits per heavy atom. The molecule has 0 spiro atoms. The Bertz CT molecular complexity index is 312. The average molecular weight is 248 g/mol. The van der Waals surface area contributed by atoms with E-state index in [2.05, 4.69) is 19.2 Å². The molecule has 0 bridgehead atoms. The van der Waals surface area contributed by atoms with Crippen LogP contribution in [-0.4, -0.2) is 44.7 Å². The van der Waals surface area contributed by atoms with Gasteiger partial charge in [-0.15, -0.1) is 0 Å². The topological polar surface area (TPSA) is 49.4 Å². The van der Waals surface area contributed by atoms with Crippen LogP contribution in [0.4, 0.5) is 0 Å². The van der Waals surface area contributed by atoms with Crippen LogP contribution in [0.5, 0.6) is 0 Å². The van der Waals surface area contributed by atoms with Gasteiger partial charge in [-0.25, -0.2) is 12.7 Å². The molecule has 0 saturated carbocycles. The summed E-state index contributed by atoms with van der Waals surface area (Å²) >= 11 is 0. The van der Waals surface area contributed by atoms with Crippen LogP contribution in [0, 0.1) is 5.41 Å². The molecule has 0 aliphatic carbocycles. The highest BCUT2D eigenvalue weighted by molar-refractivity contribution is 7.89. The van der Waals surface area contributed by atoms with Gasteiger partial charge in [-0.1, -0.05) is 20.8 Å². The molecule has 1 N–H and O–H groups in total. The van der Waals surface area contributed by atoms with Crippen molar-refractivity contribution in [1.29, 1.82) is 0 Å². The highest BCUT2D eigenvalue weighted by Gasteiger charge is 2.35. The van der Waals surface area contributed by atoms with E-state index >= 15 is 0 Å². The maximum absolute atomic E-state index is 12.0. The molecule has 1 saturated heterocycles. The van der Waals surface area contributed by atoms with E-state index < -0.39 is 10.0 Å². The Hall–Kier alpha value is -0.130. The van der Waals surface area contributed by atoms with E-state index in [0.717, 1.165) is 19.5 Å². The Morgan fingerprint density at radius 3 is 2.56 bits per heavy atom. The molecule has 16 heavy (non-hydrogen) atoms. The molecule has 1 fully saturated rings. The number of sulfonamides is 1. The lowest BCUT2D eigenvalue weighted by molar-refractivity contribution is 0.375. The molecular formula is C11H24N2O2S. The molecule has 0 unspecified atom stereocenters. The van der Waals surface area contributed by atoms with Crippen molar-refractivity contribution in [1.82, 2.24) is 9.62 Å². The largest absolute Gasteiger partial charge is 0.317 e. The van der Waals surface area contributed by atoms with Crippen LogP contribution in [0.1, 0.15) is 33.6 Å². The van der Waals surface area contributed by atoms with E-state index in [9.17, 15) is 8.42 Å². The van der Waals surface area contributed by atoms with Gasteiger partial charge in [0.05, 0.1) is 5.75 Å². The zero-order chi connectivity index (χ0) is 12.2. The molecule has 0 aromatic rings. The van der Waals surface area contributed by atoms with Crippen molar-refractivity contribution >= 4 is 10.0 Å². The molecule has 0 radical (unpaired) electrons. The van der Waals surface area contributed by atoms with E-state index in [1.807, 2.05) is 6.92 Å². The molecule has 0 atom stereocenters. The SMILES string of the molecule is CCNCCCS(=O)(=O)N1CCC(C)(C)C1. The number of nitrogens with zero attached hydrogens (tertiary/aromatic N) is 1. The molecule has 0 aromatic heterocycles. The number of hydrogen-bond acceptors (Lipinski definition) is 3. The van der Waals surface area contributed by atoms with Gasteiger partial charge in [-0.2, -0.15) is 0 Å². The van der Waals surface area contributed by atoms with Gasteiger partial charge in [0.2, 0.25) is 10.0 Å². The first kappa shape index (κ1) is 13.9. The molecule has 4 nitrogen and oxygen atoms in total. The summed E-state index contributed by atoms with van der Waals surface area (Å²) in [4.78, 5) is 0. The summed E-state index contributed by atoms with van der Waals surface area (Å²) in [5.74, 6) is 0.274. The number of nitrogens with one attached hydrogen (secondary N) is 1. The predicted octanol–water partition coefficient (Wildman–Crippen LogP) is 1.05. The van der Waals surface area contributed by atoms with Gasteiger partial charge in [-0.3, -0.25) is 0 Å². The van der Waals surface area contributed by atoms with Crippen LogP contribution in [0.25, 0.3) is 0 Å². The third-order valence-electron chi connectivity index (χ3n) is 3.04. The van der Waals surface area contributed by atoms with Crippen molar-refractivity contribution in [2.24, 2.45) is 5.41 Å². The minimum absolute atomic E-state index is 0.148. The maximum atomic E-state index is 12.0. The van der Waals surface area contributed by atoms with E-state index in [1.54, 1.807) is 4.31 Å². The standard InChI is InChI=1S/C11H24N2O2S/c1-4-12-7-5-9-16(14,15)13-8-6-11(2,3)10-13/h12H,4-10H2,1-3H3. The van der Waals surface area contributed by atoms with Crippen LogP contribution in [0.15, 0.2) is 0 Å². The highest BCUT2D eigenvalue weighted by atomic mass is 32.2. The fourth-order valence-corrected chi connectivity index (χ4v) is 3.67. The van der Waals surface area contributed by atoms with Crippen molar-refractivity contribution < 1.29 is 8.42 Å². The first-order valence-electron chi connectivity index (χ1n) is 6.06. The van der Waals surface area contributed by atoms with Crippen LogP contribution < -0.4 is 5.32 Å². The Labute approximate surface area is 99.5 Å². The van der Waals surface area contributed by atoms with Gasteiger partial charge in [0.15, 0.2) is 0 Å². The second-order valence-corrected chi connectivity index (χ2v) is 7.36. The number of rotatable bonds is 6. The summed E-state index contributed by atoms with van der Waals surface area (Å²) in [6.45, 7) is 9.33.